The molecular weight excluding hydrogens is 212 g/mol. The van der Waals surface area contributed by atoms with E-state index < -0.39 is 0 Å². The van der Waals surface area contributed by atoms with Gasteiger partial charge in [-0.1, -0.05) is 12.1 Å². The van der Waals surface area contributed by atoms with Gasteiger partial charge in [-0.15, -0.1) is 0 Å². The Bertz CT molecular complexity index is 376. The first-order chi connectivity index (χ1) is 8.20. The molecule has 0 aliphatic carbocycles. The maximum absolute atomic E-state index is 9.02. The van der Waals surface area contributed by atoms with Gasteiger partial charge in [0, 0.05) is 38.0 Å². The summed E-state index contributed by atoms with van der Waals surface area (Å²) in [6.45, 7) is 7.60. The lowest BCUT2D eigenvalue weighted by atomic mass is 10.1. The number of aliphatic hydroxyl groups excluding tert-OH is 1. The van der Waals surface area contributed by atoms with Gasteiger partial charge in [0.2, 0.25) is 0 Å². The van der Waals surface area contributed by atoms with Crippen LogP contribution >= 0.6 is 0 Å². The van der Waals surface area contributed by atoms with Crippen LogP contribution < -0.4 is 10.2 Å². The summed E-state index contributed by atoms with van der Waals surface area (Å²) in [4.78, 5) is 2.43. The van der Waals surface area contributed by atoms with E-state index in [4.69, 9.17) is 5.11 Å². The summed E-state index contributed by atoms with van der Waals surface area (Å²) in [6, 6.07) is 7.02. The first-order valence-electron chi connectivity index (χ1n) is 6.37. The van der Waals surface area contributed by atoms with Crippen LogP contribution in [0.25, 0.3) is 0 Å². The molecule has 0 aromatic heterocycles. The van der Waals surface area contributed by atoms with E-state index in [1.807, 2.05) is 0 Å². The van der Waals surface area contributed by atoms with Gasteiger partial charge in [0.15, 0.2) is 0 Å². The third-order valence-electron chi connectivity index (χ3n) is 3.44. The molecule has 1 fully saturated rings. The van der Waals surface area contributed by atoms with Gasteiger partial charge in [-0.2, -0.15) is 0 Å². The Balaban J connectivity index is 2.13. The highest BCUT2D eigenvalue weighted by Crippen LogP contribution is 2.22. The fourth-order valence-corrected chi connectivity index (χ4v) is 2.45. The van der Waals surface area contributed by atoms with Gasteiger partial charge < -0.3 is 15.3 Å². The van der Waals surface area contributed by atoms with E-state index >= 15 is 0 Å². The molecule has 0 saturated carbocycles. The lowest BCUT2D eigenvalue weighted by Crippen LogP contribution is -2.51. The topological polar surface area (TPSA) is 35.5 Å². The van der Waals surface area contributed by atoms with E-state index in [0.29, 0.717) is 6.04 Å². The molecule has 1 aliphatic rings. The number of piperazine rings is 1. The summed E-state index contributed by atoms with van der Waals surface area (Å²) in [5.41, 5.74) is 3.98. The second kappa shape index (κ2) is 5.52. The number of rotatable bonds is 3. The standard InChI is InChI=1S/C14H22N2O/c1-11-3-4-12(2)14(9-11)16-7-6-15-13(10-16)5-8-17/h3-4,9,13,15,17H,5-8,10H2,1-2H3. The van der Waals surface area contributed by atoms with Crippen molar-refractivity contribution in [1.82, 2.24) is 5.32 Å². The van der Waals surface area contributed by atoms with E-state index in [-0.39, 0.29) is 6.61 Å². The zero-order valence-electron chi connectivity index (χ0n) is 10.7. The fourth-order valence-electron chi connectivity index (χ4n) is 2.45. The molecule has 1 aromatic rings. The summed E-state index contributed by atoms with van der Waals surface area (Å²) < 4.78 is 0. The SMILES string of the molecule is Cc1ccc(C)c(N2CCNC(CCO)C2)c1. The van der Waals surface area contributed by atoms with E-state index in [9.17, 15) is 0 Å². The third kappa shape index (κ3) is 2.99. The molecule has 1 aromatic carbocycles. The summed E-state index contributed by atoms with van der Waals surface area (Å²) in [7, 11) is 0. The Morgan fingerprint density at radius 1 is 1.41 bits per heavy atom. The van der Waals surface area contributed by atoms with E-state index in [1.54, 1.807) is 0 Å². The Morgan fingerprint density at radius 3 is 3.00 bits per heavy atom. The molecule has 1 atom stereocenters. The lowest BCUT2D eigenvalue weighted by molar-refractivity contribution is 0.260. The molecule has 2 rings (SSSR count). The number of benzene rings is 1. The van der Waals surface area contributed by atoms with Crippen molar-refractivity contribution in [1.29, 1.82) is 0 Å². The number of nitrogens with zero attached hydrogens (tertiary/aromatic N) is 1. The molecule has 2 N–H and O–H groups in total. The number of anilines is 1. The molecule has 0 bridgehead atoms. The van der Waals surface area contributed by atoms with Crippen LogP contribution in [0, 0.1) is 13.8 Å². The van der Waals surface area contributed by atoms with Crippen molar-refractivity contribution >= 4 is 5.69 Å². The van der Waals surface area contributed by atoms with Crippen LogP contribution in [0.3, 0.4) is 0 Å². The van der Waals surface area contributed by atoms with Crippen molar-refractivity contribution in [2.75, 3.05) is 31.1 Å². The largest absolute Gasteiger partial charge is 0.396 e. The molecule has 1 aliphatic heterocycles. The molecule has 1 saturated heterocycles. The Morgan fingerprint density at radius 2 is 2.24 bits per heavy atom. The highest BCUT2D eigenvalue weighted by atomic mass is 16.3. The van der Waals surface area contributed by atoms with Crippen molar-refractivity contribution in [3.8, 4) is 0 Å². The van der Waals surface area contributed by atoms with Crippen molar-refractivity contribution in [3.63, 3.8) is 0 Å². The molecule has 94 valence electrons. The van der Waals surface area contributed by atoms with E-state index in [0.717, 1.165) is 26.1 Å². The second-order valence-electron chi connectivity index (χ2n) is 4.90. The van der Waals surface area contributed by atoms with Gasteiger partial charge in [-0.05, 0) is 37.5 Å². The molecule has 1 heterocycles. The van der Waals surface area contributed by atoms with Gasteiger partial charge in [0.1, 0.15) is 0 Å². The Kier molecular flexibility index (Phi) is 4.02. The molecule has 3 heteroatoms. The Labute approximate surface area is 103 Å². The molecule has 0 radical (unpaired) electrons. The summed E-state index contributed by atoms with van der Waals surface area (Å²) in [5.74, 6) is 0. The Hall–Kier alpha value is -1.06. The molecule has 0 spiro atoms. The maximum atomic E-state index is 9.02. The highest BCUT2D eigenvalue weighted by Gasteiger charge is 2.19. The number of aryl methyl sites for hydroxylation is 2. The molecular formula is C14H22N2O. The van der Waals surface area contributed by atoms with Crippen molar-refractivity contribution < 1.29 is 5.11 Å². The predicted molar refractivity (Wildman–Crippen MR) is 71.6 cm³/mol. The summed E-state index contributed by atoms with van der Waals surface area (Å²) in [6.07, 6.45) is 0.835. The second-order valence-corrected chi connectivity index (χ2v) is 4.90. The lowest BCUT2D eigenvalue weighted by Gasteiger charge is -2.36. The minimum Gasteiger partial charge on any atom is -0.396 e. The third-order valence-corrected chi connectivity index (χ3v) is 3.44. The molecule has 0 amide bonds. The highest BCUT2D eigenvalue weighted by molar-refractivity contribution is 5.55. The minimum absolute atomic E-state index is 0.262. The van der Waals surface area contributed by atoms with Crippen molar-refractivity contribution in [3.05, 3.63) is 29.3 Å². The van der Waals surface area contributed by atoms with Gasteiger partial charge in [0.25, 0.3) is 0 Å². The van der Waals surface area contributed by atoms with Crippen LogP contribution in [0.1, 0.15) is 17.5 Å². The number of nitrogens with one attached hydrogen (secondary N) is 1. The van der Waals surface area contributed by atoms with Gasteiger partial charge in [-0.25, -0.2) is 0 Å². The van der Waals surface area contributed by atoms with Crippen molar-refractivity contribution in [2.45, 2.75) is 26.3 Å². The summed E-state index contributed by atoms with van der Waals surface area (Å²) in [5, 5.41) is 12.5. The van der Waals surface area contributed by atoms with Crippen LogP contribution in [0.4, 0.5) is 5.69 Å². The predicted octanol–water partition coefficient (Wildman–Crippen LogP) is 1.46. The molecule has 17 heavy (non-hydrogen) atoms. The van der Waals surface area contributed by atoms with Crippen LogP contribution in [0.5, 0.6) is 0 Å². The normalized spacial score (nSPS) is 20.6. The van der Waals surface area contributed by atoms with Crippen molar-refractivity contribution in [2.24, 2.45) is 0 Å². The zero-order valence-corrected chi connectivity index (χ0v) is 10.7. The maximum Gasteiger partial charge on any atom is 0.0446 e. The first-order valence-corrected chi connectivity index (χ1v) is 6.37. The smallest absolute Gasteiger partial charge is 0.0446 e. The number of aliphatic hydroxyl groups is 1. The van der Waals surface area contributed by atoms with Gasteiger partial charge in [-0.3, -0.25) is 0 Å². The van der Waals surface area contributed by atoms with E-state index in [1.165, 1.54) is 16.8 Å². The quantitative estimate of drug-likeness (QED) is 0.831. The average molecular weight is 234 g/mol. The summed E-state index contributed by atoms with van der Waals surface area (Å²) >= 11 is 0. The monoisotopic (exact) mass is 234 g/mol. The van der Waals surface area contributed by atoms with E-state index in [2.05, 4.69) is 42.3 Å². The van der Waals surface area contributed by atoms with Gasteiger partial charge in [0.05, 0.1) is 0 Å². The molecule has 3 nitrogen and oxygen atoms in total. The minimum atomic E-state index is 0.262. The van der Waals surface area contributed by atoms with Crippen LogP contribution in [0.2, 0.25) is 0 Å². The zero-order chi connectivity index (χ0) is 12.3. The van der Waals surface area contributed by atoms with Crippen LogP contribution in [0.15, 0.2) is 18.2 Å². The average Bonchev–Trinajstić information content (AvgIpc) is 2.33. The fraction of sp³-hybridized carbons (Fsp3) is 0.571. The van der Waals surface area contributed by atoms with Crippen LogP contribution in [-0.4, -0.2) is 37.4 Å². The molecule has 1 unspecified atom stereocenters. The van der Waals surface area contributed by atoms with Crippen LogP contribution in [-0.2, 0) is 0 Å². The number of hydrogen-bond acceptors (Lipinski definition) is 3. The first kappa shape index (κ1) is 12.4. The van der Waals surface area contributed by atoms with Gasteiger partial charge >= 0.3 is 0 Å². The number of hydrogen-bond donors (Lipinski definition) is 2.